The van der Waals surface area contributed by atoms with Crippen LogP contribution in [-0.4, -0.2) is 13.7 Å². The second-order valence-corrected chi connectivity index (χ2v) is 3.78. The summed E-state index contributed by atoms with van der Waals surface area (Å²) in [7, 11) is 1.50. The van der Waals surface area contributed by atoms with E-state index in [9.17, 15) is 4.39 Å². The third-order valence-corrected chi connectivity index (χ3v) is 2.86. The number of halogens is 2. The normalized spacial score (nSPS) is 14.7. The quantitative estimate of drug-likeness (QED) is 0.865. The Morgan fingerprint density at radius 3 is 2.67 bits per heavy atom. The summed E-state index contributed by atoms with van der Waals surface area (Å²) >= 11 is 5.85. The first-order valence-electron chi connectivity index (χ1n) is 4.80. The zero-order valence-electron chi connectivity index (χ0n) is 8.89. The van der Waals surface area contributed by atoms with E-state index in [1.165, 1.54) is 7.11 Å². The van der Waals surface area contributed by atoms with E-state index in [0.717, 1.165) is 0 Å². The average molecular weight is 232 g/mol. The molecule has 1 aromatic rings. The Hall–Kier alpha value is -0.800. The van der Waals surface area contributed by atoms with E-state index in [4.69, 9.17) is 22.1 Å². The van der Waals surface area contributed by atoms with Gasteiger partial charge < -0.3 is 10.5 Å². The Balaban J connectivity index is 3.15. The lowest BCUT2D eigenvalue weighted by Crippen LogP contribution is -2.29. The molecule has 1 atom stereocenters. The molecular weight excluding hydrogens is 217 g/mol. The van der Waals surface area contributed by atoms with Crippen molar-refractivity contribution in [3.63, 3.8) is 0 Å². The molecule has 1 unspecified atom stereocenters. The molecule has 0 fully saturated rings. The number of hydrogen-bond donors (Lipinski definition) is 1. The van der Waals surface area contributed by atoms with Gasteiger partial charge in [-0.25, -0.2) is 4.39 Å². The van der Waals surface area contributed by atoms with Gasteiger partial charge in [0.05, 0.1) is 12.1 Å². The molecule has 0 spiro atoms. The zero-order valence-corrected chi connectivity index (χ0v) is 9.64. The van der Waals surface area contributed by atoms with Gasteiger partial charge in [0, 0.05) is 6.54 Å². The van der Waals surface area contributed by atoms with Crippen molar-refractivity contribution >= 4 is 11.6 Å². The van der Waals surface area contributed by atoms with Gasteiger partial charge in [-0.15, -0.1) is 0 Å². The maximum atomic E-state index is 14.2. The molecule has 15 heavy (non-hydrogen) atoms. The standard InChI is InChI=1S/C11H15ClFNO/c1-3-11(13,7-14)8-4-5-9(12)10(6-8)15-2/h4-6H,3,7,14H2,1-2H3. The van der Waals surface area contributed by atoms with Crippen molar-refractivity contribution in [1.82, 2.24) is 0 Å². The van der Waals surface area contributed by atoms with Gasteiger partial charge in [-0.3, -0.25) is 0 Å². The molecule has 84 valence electrons. The molecule has 4 heteroatoms. The van der Waals surface area contributed by atoms with E-state index in [1.807, 2.05) is 0 Å². The fourth-order valence-electron chi connectivity index (χ4n) is 1.40. The lowest BCUT2D eigenvalue weighted by molar-refractivity contribution is 0.168. The molecule has 0 radical (unpaired) electrons. The third-order valence-electron chi connectivity index (χ3n) is 2.55. The summed E-state index contributed by atoms with van der Waals surface area (Å²) in [5.74, 6) is 0.470. The van der Waals surface area contributed by atoms with Crippen LogP contribution in [0.3, 0.4) is 0 Å². The fourth-order valence-corrected chi connectivity index (χ4v) is 1.60. The maximum absolute atomic E-state index is 14.2. The second-order valence-electron chi connectivity index (χ2n) is 3.37. The van der Waals surface area contributed by atoms with Crippen LogP contribution in [0.5, 0.6) is 5.75 Å². The Morgan fingerprint density at radius 1 is 1.53 bits per heavy atom. The van der Waals surface area contributed by atoms with Crippen molar-refractivity contribution in [3.05, 3.63) is 28.8 Å². The van der Waals surface area contributed by atoms with Crippen LogP contribution < -0.4 is 10.5 Å². The van der Waals surface area contributed by atoms with Gasteiger partial charge in [0.1, 0.15) is 11.4 Å². The second kappa shape index (κ2) is 4.81. The molecule has 0 aliphatic carbocycles. The molecule has 0 amide bonds. The number of benzene rings is 1. The minimum Gasteiger partial charge on any atom is -0.495 e. The molecule has 1 aromatic carbocycles. The largest absolute Gasteiger partial charge is 0.495 e. The number of nitrogens with two attached hydrogens (primary N) is 1. The van der Waals surface area contributed by atoms with Crippen molar-refractivity contribution in [2.75, 3.05) is 13.7 Å². The van der Waals surface area contributed by atoms with Crippen LogP contribution in [0.2, 0.25) is 5.02 Å². The summed E-state index contributed by atoms with van der Waals surface area (Å²) in [4.78, 5) is 0. The zero-order chi connectivity index (χ0) is 11.5. The Kier molecular flexibility index (Phi) is 3.94. The van der Waals surface area contributed by atoms with Crippen LogP contribution in [0, 0.1) is 0 Å². The summed E-state index contributed by atoms with van der Waals surface area (Å²) in [5.41, 5.74) is 4.44. The van der Waals surface area contributed by atoms with E-state index in [2.05, 4.69) is 0 Å². The SMILES string of the molecule is CCC(F)(CN)c1ccc(Cl)c(OC)c1. The first kappa shape index (κ1) is 12.3. The van der Waals surface area contributed by atoms with Crippen molar-refractivity contribution in [3.8, 4) is 5.75 Å². The lowest BCUT2D eigenvalue weighted by Gasteiger charge is -2.23. The van der Waals surface area contributed by atoms with Gasteiger partial charge in [0.2, 0.25) is 0 Å². The number of methoxy groups -OCH3 is 1. The Morgan fingerprint density at radius 2 is 2.20 bits per heavy atom. The molecule has 1 rings (SSSR count). The molecular formula is C11H15ClFNO. The highest BCUT2D eigenvalue weighted by Gasteiger charge is 2.28. The minimum absolute atomic E-state index is 0.0473. The van der Waals surface area contributed by atoms with Crippen molar-refractivity contribution < 1.29 is 9.13 Å². The van der Waals surface area contributed by atoms with Gasteiger partial charge in [0.25, 0.3) is 0 Å². The summed E-state index contributed by atoms with van der Waals surface area (Å²) in [6, 6.07) is 4.86. The minimum atomic E-state index is -1.50. The molecule has 0 saturated carbocycles. The molecule has 0 heterocycles. The fraction of sp³-hybridized carbons (Fsp3) is 0.455. The summed E-state index contributed by atoms with van der Waals surface area (Å²) in [6.07, 6.45) is 0.328. The first-order valence-corrected chi connectivity index (χ1v) is 5.18. The Bertz CT molecular complexity index is 339. The molecule has 0 aliphatic heterocycles. The molecule has 0 bridgehead atoms. The summed E-state index contributed by atoms with van der Waals surface area (Å²) in [5, 5.41) is 0.469. The van der Waals surface area contributed by atoms with E-state index in [1.54, 1.807) is 25.1 Å². The average Bonchev–Trinajstić information content (AvgIpc) is 2.28. The lowest BCUT2D eigenvalue weighted by atomic mass is 9.93. The molecule has 0 aliphatic rings. The molecule has 2 N–H and O–H groups in total. The van der Waals surface area contributed by atoms with Gasteiger partial charge in [-0.1, -0.05) is 24.6 Å². The number of alkyl halides is 1. The summed E-state index contributed by atoms with van der Waals surface area (Å²) in [6.45, 7) is 1.71. The van der Waals surface area contributed by atoms with Crippen LogP contribution >= 0.6 is 11.6 Å². The summed E-state index contributed by atoms with van der Waals surface area (Å²) < 4.78 is 19.2. The van der Waals surface area contributed by atoms with Crippen molar-refractivity contribution in [2.45, 2.75) is 19.0 Å². The highest BCUT2D eigenvalue weighted by molar-refractivity contribution is 6.32. The third kappa shape index (κ3) is 2.41. The Labute approximate surface area is 94.2 Å². The number of hydrogen-bond acceptors (Lipinski definition) is 2. The van der Waals surface area contributed by atoms with E-state index in [-0.39, 0.29) is 6.54 Å². The van der Waals surface area contributed by atoms with E-state index >= 15 is 0 Å². The smallest absolute Gasteiger partial charge is 0.148 e. The highest BCUT2D eigenvalue weighted by atomic mass is 35.5. The topological polar surface area (TPSA) is 35.2 Å². The van der Waals surface area contributed by atoms with Crippen LogP contribution in [-0.2, 0) is 5.67 Å². The monoisotopic (exact) mass is 231 g/mol. The highest BCUT2D eigenvalue weighted by Crippen LogP contribution is 2.34. The van der Waals surface area contributed by atoms with Crippen molar-refractivity contribution in [2.24, 2.45) is 5.73 Å². The predicted molar refractivity (Wildman–Crippen MR) is 60.1 cm³/mol. The van der Waals surface area contributed by atoms with Crippen LogP contribution in [0.1, 0.15) is 18.9 Å². The first-order chi connectivity index (χ1) is 7.07. The molecule has 2 nitrogen and oxygen atoms in total. The molecule has 0 aromatic heterocycles. The van der Waals surface area contributed by atoms with Crippen LogP contribution in [0.15, 0.2) is 18.2 Å². The maximum Gasteiger partial charge on any atom is 0.148 e. The van der Waals surface area contributed by atoms with Gasteiger partial charge >= 0.3 is 0 Å². The van der Waals surface area contributed by atoms with Crippen molar-refractivity contribution in [1.29, 1.82) is 0 Å². The number of ether oxygens (including phenoxy) is 1. The van der Waals surface area contributed by atoms with Crippen LogP contribution in [0.4, 0.5) is 4.39 Å². The number of rotatable bonds is 4. The van der Waals surface area contributed by atoms with Gasteiger partial charge in [-0.05, 0) is 24.1 Å². The van der Waals surface area contributed by atoms with E-state index < -0.39 is 5.67 Å². The van der Waals surface area contributed by atoms with E-state index in [0.29, 0.717) is 22.8 Å². The predicted octanol–water partition coefficient (Wildman–Crippen LogP) is 2.88. The van der Waals surface area contributed by atoms with Gasteiger partial charge in [0.15, 0.2) is 0 Å². The molecule has 0 saturated heterocycles. The van der Waals surface area contributed by atoms with Gasteiger partial charge in [-0.2, -0.15) is 0 Å². The van der Waals surface area contributed by atoms with Crippen LogP contribution in [0.25, 0.3) is 0 Å².